The van der Waals surface area contributed by atoms with Crippen LogP contribution in [0.15, 0.2) is 12.2 Å². The SMILES string of the molecule is CCCCCCC(C)C(O)C1C=CC(=O)C1CCCCCC(CC)C(=O)O. The van der Waals surface area contributed by atoms with E-state index in [1.807, 2.05) is 13.0 Å². The molecule has 5 atom stereocenters. The first kappa shape index (κ1) is 23.9. The fourth-order valence-electron chi connectivity index (χ4n) is 4.22. The molecule has 0 amide bonds. The van der Waals surface area contributed by atoms with Gasteiger partial charge in [0.2, 0.25) is 0 Å². The Morgan fingerprint density at radius 3 is 2.37 bits per heavy atom. The van der Waals surface area contributed by atoms with Crippen molar-refractivity contribution in [3.63, 3.8) is 0 Å². The number of allylic oxidation sites excluding steroid dienone is 1. The highest BCUT2D eigenvalue weighted by Gasteiger charge is 2.36. The third-order valence-electron chi connectivity index (χ3n) is 6.21. The average Bonchev–Trinajstić information content (AvgIpc) is 3.01. The van der Waals surface area contributed by atoms with Gasteiger partial charge in [-0.25, -0.2) is 0 Å². The molecule has 4 heteroatoms. The van der Waals surface area contributed by atoms with Crippen molar-refractivity contribution in [1.29, 1.82) is 0 Å². The Balaban J connectivity index is 2.38. The number of hydrogen-bond donors (Lipinski definition) is 2. The summed E-state index contributed by atoms with van der Waals surface area (Å²) in [5, 5.41) is 19.9. The number of carbonyl (C=O) groups is 2. The van der Waals surface area contributed by atoms with Crippen molar-refractivity contribution in [1.82, 2.24) is 0 Å². The zero-order chi connectivity index (χ0) is 20.2. The first-order chi connectivity index (χ1) is 12.9. The molecule has 0 aromatic carbocycles. The minimum absolute atomic E-state index is 0.0546. The molecule has 0 aromatic rings. The van der Waals surface area contributed by atoms with Crippen molar-refractivity contribution < 1.29 is 19.8 Å². The maximum absolute atomic E-state index is 12.2. The fraction of sp³-hybridized carbons (Fsp3) is 0.826. The van der Waals surface area contributed by atoms with E-state index in [1.54, 1.807) is 6.08 Å². The molecule has 0 saturated heterocycles. The number of carboxylic acids is 1. The molecule has 1 aliphatic rings. The van der Waals surface area contributed by atoms with Gasteiger partial charge in [0.05, 0.1) is 12.0 Å². The molecule has 0 aliphatic heterocycles. The maximum atomic E-state index is 12.2. The number of ketones is 1. The normalized spacial score (nSPS) is 22.7. The van der Waals surface area contributed by atoms with Crippen LogP contribution in [0, 0.1) is 23.7 Å². The van der Waals surface area contributed by atoms with E-state index in [0.29, 0.717) is 12.8 Å². The van der Waals surface area contributed by atoms with E-state index < -0.39 is 12.1 Å². The van der Waals surface area contributed by atoms with Gasteiger partial charge in [-0.2, -0.15) is 0 Å². The summed E-state index contributed by atoms with van der Waals surface area (Å²) in [6.07, 6.45) is 13.9. The molecule has 0 bridgehead atoms. The Morgan fingerprint density at radius 1 is 1.07 bits per heavy atom. The number of carboxylic acid groups (broad SMARTS) is 1. The van der Waals surface area contributed by atoms with E-state index in [-0.39, 0.29) is 29.5 Å². The van der Waals surface area contributed by atoms with Gasteiger partial charge in [0, 0.05) is 11.8 Å². The quantitative estimate of drug-likeness (QED) is 0.374. The summed E-state index contributed by atoms with van der Waals surface area (Å²) in [6.45, 7) is 6.21. The van der Waals surface area contributed by atoms with Crippen LogP contribution in [-0.2, 0) is 9.59 Å². The molecule has 0 spiro atoms. The van der Waals surface area contributed by atoms with E-state index in [9.17, 15) is 14.7 Å². The van der Waals surface area contributed by atoms with Gasteiger partial charge in [0.15, 0.2) is 5.78 Å². The van der Waals surface area contributed by atoms with Crippen LogP contribution in [0.1, 0.15) is 91.4 Å². The van der Waals surface area contributed by atoms with Crippen LogP contribution < -0.4 is 0 Å². The van der Waals surface area contributed by atoms with Crippen LogP contribution in [-0.4, -0.2) is 28.1 Å². The molecular formula is C23H40O4. The highest BCUT2D eigenvalue weighted by Crippen LogP contribution is 2.34. The van der Waals surface area contributed by atoms with Crippen LogP contribution in [0.3, 0.4) is 0 Å². The molecule has 5 unspecified atom stereocenters. The number of unbranched alkanes of at least 4 members (excludes halogenated alkanes) is 5. The van der Waals surface area contributed by atoms with E-state index in [4.69, 9.17) is 5.11 Å². The number of rotatable bonds is 15. The molecule has 2 N–H and O–H groups in total. The average molecular weight is 381 g/mol. The van der Waals surface area contributed by atoms with Gasteiger partial charge < -0.3 is 10.2 Å². The summed E-state index contributed by atoms with van der Waals surface area (Å²) in [4.78, 5) is 23.3. The largest absolute Gasteiger partial charge is 0.481 e. The summed E-state index contributed by atoms with van der Waals surface area (Å²) in [5.41, 5.74) is 0. The predicted molar refractivity (Wildman–Crippen MR) is 110 cm³/mol. The number of aliphatic hydroxyl groups excluding tert-OH is 1. The number of hydrogen-bond acceptors (Lipinski definition) is 3. The van der Waals surface area contributed by atoms with Crippen LogP contribution in [0.4, 0.5) is 0 Å². The molecule has 1 rings (SSSR count). The van der Waals surface area contributed by atoms with Gasteiger partial charge in [0.25, 0.3) is 0 Å². The molecular weight excluding hydrogens is 340 g/mol. The Bertz CT molecular complexity index is 471. The molecule has 0 aromatic heterocycles. The molecule has 0 heterocycles. The lowest BCUT2D eigenvalue weighted by atomic mass is 9.80. The summed E-state index contributed by atoms with van der Waals surface area (Å²) in [7, 11) is 0. The van der Waals surface area contributed by atoms with Crippen molar-refractivity contribution in [2.45, 2.75) is 97.5 Å². The number of carbonyl (C=O) groups excluding carboxylic acids is 1. The van der Waals surface area contributed by atoms with Crippen molar-refractivity contribution in [3.8, 4) is 0 Å². The molecule has 1 aliphatic carbocycles. The van der Waals surface area contributed by atoms with Gasteiger partial charge in [-0.1, -0.05) is 71.8 Å². The lowest BCUT2D eigenvalue weighted by Crippen LogP contribution is -2.32. The lowest BCUT2D eigenvalue weighted by Gasteiger charge is -2.28. The predicted octanol–water partition coefficient (Wildman–Crippen LogP) is 5.39. The van der Waals surface area contributed by atoms with E-state index >= 15 is 0 Å². The molecule has 4 nitrogen and oxygen atoms in total. The number of aliphatic hydroxyl groups is 1. The minimum atomic E-state index is -0.705. The highest BCUT2D eigenvalue weighted by atomic mass is 16.4. The smallest absolute Gasteiger partial charge is 0.306 e. The third-order valence-corrected chi connectivity index (χ3v) is 6.21. The van der Waals surface area contributed by atoms with Crippen molar-refractivity contribution in [2.24, 2.45) is 23.7 Å². The molecule has 0 fully saturated rings. The van der Waals surface area contributed by atoms with E-state index in [1.165, 1.54) is 19.3 Å². The Morgan fingerprint density at radius 2 is 1.74 bits per heavy atom. The third kappa shape index (κ3) is 8.16. The summed E-state index contributed by atoms with van der Waals surface area (Å²) in [5.74, 6) is -0.743. The van der Waals surface area contributed by atoms with Gasteiger partial charge in [-0.15, -0.1) is 0 Å². The monoisotopic (exact) mass is 380 g/mol. The molecule has 156 valence electrons. The standard InChI is InChI=1S/C23H40O4/c1-4-6-7-9-12-17(3)22(25)20-15-16-21(24)19(20)14-11-8-10-13-18(5-2)23(26)27/h15-20,22,25H,4-14H2,1-3H3,(H,26,27). The maximum Gasteiger partial charge on any atom is 0.306 e. The van der Waals surface area contributed by atoms with Crippen LogP contribution in [0.2, 0.25) is 0 Å². The lowest BCUT2D eigenvalue weighted by molar-refractivity contribution is -0.142. The van der Waals surface area contributed by atoms with Crippen LogP contribution in [0.5, 0.6) is 0 Å². The first-order valence-corrected chi connectivity index (χ1v) is 11.0. The van der Waals surface area contributed by atoms with Crippen molar-refractivity contribution in [3.05, 3.63) is 12.2 Å². The highest BCUT2D eigenvalue weighted by molar-refractivity contribution is 5.94. The van der Waals surface area contributed by atoms with Gasteiger partial charge in [-0.3, -0.25) is 9.59 Å². The van der Waals surface area contributed by atoms with Crippen LogP contribution in [0.25, 0.3) is 0 Å². The summed E-state index contributed by atoms with van der Waals surface area (Å²) in [6, 6.07) is 0. The second-order valence-corrected chi connectivity index (χ2v) is 8.34. The molecule has 0 saturated carbocycles. The van der Waals surface area contributed by atoms with E-state index in [0.717, 1.165) is 38.5 Å². The van der Waals surface area contributed by atoms with Crippen molar-refractivity contribution >= 4 is 11.8 Å². The zero-order valence-corrected chi connectivity index (χ0v) is 17.5. The summed E-state index contributed by atoms with van der Waals surface area (Å²) >= 11 is 0. The Labute approximate surface area is 165 Å². The topological polar surface area (TPSA) is 74.6 Å². The second-order valence-electron chi connectivity index (χ2n) is 8.34. The van der Waals surface area contributed by atoms with Gasteiger partial charge >= 0.3 is 5.97 Å². The van der Waals surface area contributed by atoms with E-state index in [2.05, 4.69) is 13.8 Å². The first-order valence-electron chi connectivity index (χ1n) is 11.0. The van der Waals surface area contributed by atoms with Crippen molar-refractivity contribution in [2.75, 3.05) is 0 Å². The molecule has 0 radical (unpaired) electrons. The molecule has 27 heavy (non-hydrogen) atoms. The number of aliphatic carboxylic acids is 1. The fourth-order valence-corrected chi connectivity index (χ4v) is 4.22. The minimum Gasteiger partial charge on any atom is -0.481 e. The second kappa shape index (κ2) is 13.1. The zero-order valence-electron chi connectivity index (χ0n) is 17.5. The van der Waals surface area contributed by atoms with Gasteiger partial charge in [-0.05, 0) is 37.7 Å². The van der Waals surface area contributed by atoms with Crippen LogP contribution >= 0.6 is 0 Å². The van der Waals surface area contributed by atoms with Gasteiger partial charge in [0.1, 0.15) is 0 Å². The Hall–Kier alpha value is -1.16. The summed E-state index contributed by atoms with van der Waals surface area (Å²) < 4.78 is 0. The Kier molecular flexibility index (Phi) is 11.6.